The normalized spacial score (nSPS) is 11.4. The first-order valence-corrected chi connectivity index (χ1v) is 12.3. The van der Waals surface area contributed by atoms with Crippen LogP contribution in [-0.4, -0.2) is 13.2 Å². The van der Waals surface area contributed by atoms with Gasteiger partial charge in [0.05, 0.1) is 13.2 Å². The Labute approximate surface area is 190 Å². The largest absolute Gasteiger partial charge is 0.490 e. The molecule has 0 atom stereocenters. The van der Waals surface area contributed by atoms with Gasteiger partial charge in [0, 0.05) is 10.8 Å². The highest BCUT2D eigenvalue weighted by Crippen LogP contribution is 2.35. The standard InChI is InChI=1S/C28H36F2O2/c1-3-5-7-9-11-19-31-25-17-15-21-22-16-18-26(32-20-12-10-8-6-4-2)28(30)24(22)14-13-23(21)27(25)29/h13-18H,3-12,19-20H2,1-2H3. The first-order chi connectivity index (χ1) is 15.7. The number of ether oxygens (including phenoxy) is 2. The van der Waals surface area contributed by atoms with Crippen LogP contribution in [0.25, 0.3) is 21.5 Å². The Morgan fingerprint density at radius 1 is 0.500 bits per heavy atom. The monoisotopic (exact) mass is 442 g/mol. The predicted octanol–water partition coefficient (Wildman–Crippen LogP) is 8.97. The molecule has 4 heteroatoms. The first kappa shape index (κ1) is 24.3. The van der Waals surface area contributed by atoms with Gasteiger partial charge in [-0.1, -0.05) is 77.3 Å². The van der Waals surface area contributed by atoms with Crippen molar-refractivity contribution in [2.75, 3.05) is 13.2 Å². The highest BCUT2D eigenvalue weighted by atomic mass is 19.1. The molecule has 3 rings (SSSR count). The Balaban J connectivity index is 1.70. The molecule has 0 radical (unpaired) electrons. The molecule has 32 heavy (non-hydrogen) atoms. The van der Waals surface area contributed by atoms with Crippen LogP contribution in [0.15, 0.2) is 36.4 Å². The average Bonchev–Trinajstić information content (AvgIpc) is 2.81. The fourth-order valence-corrected chi connectivity index (χ4v) is 4.11. The van der Waals surface area contributed by atoms with Gasteiger partial charge in [0.2, 0.25) is 0 Å². The van der Waals surface area contributed by atoms with E-state index in [9.17, 15) is 0 Å². The van der Waals surface area contributed by atoms with E-state index >= 15 is 8.78 Å². The zero-order valence-electron chi connectivity index (χ0n) is 19.5. The lowest BCUT2D eigenvalue weighted by molar-refractivity contribution is 0.291. The van der Waals surface area contributed by atoms with Gasteiger partial charge in [0.15, 0.2) is 23.1 Å². The predicted molar refractivity (Wildman–Crippen MR) is 130 cm³/mol. The molecule has 174 valence electrons. The summed E-state index contributed by atoms with van der Waals surface area (Å²) in [6.07, 6.45) is 11.2. The molecular weight excluding hydrogens is 406 g/mol. The zero-order chi connectivity index (χ0) is 22.8. The summed E-state index contributed by atoms with van der Waals surface area (Å²) in [4.78, 5) is 0. The lowest BCUT2D eigenvalue weighted by Gasteiger charge is -2.13. The van der Waals surface area contributed by atoms with Gasteiger partial charge in [-0.2, -0.15) is 0 Å². The lowest BCUT2D eigenvalue weighted by atomic mass is 10.0. The molecule has 0 unspecified atom stereocenters. The van der Waals surface area contributed by atoms with E-state index in [1.807, 2.05) is 12.1 Å². The highest BCUT2D eigenvalue weighted by molar-refractivity contribution is 6.08. The van der Waals surface area contributed by atoms with Gasteiger partial charge in [0.1, 0.15) is 0 Å². The van der Waals surface area contributed by atoms with Crippen LogP contribution >= 0.6 is 0 Å². The maximum Gasteiger partial charge on any atom is 0.172 e. The van der Waals surface area contributed by atoms with Crippen LogP contribution < -0.4 is 9.47 Å². The Morgan fingerprint density at radius 2 is 0.875 bits per heavy atom. The van der Waals surface area contributed by atoms with Gasteiger partial charge in [-0.25, -0.2) is 8.78 Å². The number of benzene rings is 3. The van der Waals surface area contributed by atoms with Crippen molar-refractivity contribution in [3.8, 4) is 11.5 Å². The maximum absolute atomic E-state index is 15.1. The molecule has 0 saturated heterocycles. The van der Waals surface area contributed by atoms with Gasteiger partial charge >= 0.3 is 0 Å². The summed E-state index contributed by atoms with van der Waals surface area (Å²) in [5.41, 5.74) is 0. The summed E-state index contributed by atoms with van der Waals surface area (Å²) in [6, 6.07) is 10.2. The van der Waals surface area contributed by atoms with Crippen LogP contribution in [-0.2, 0) is 0 Å². The van der Waals surface area contributed by atoms with Gasteiger partial charge in [0.25, 0.3) is 0 Å². The van der Waals surface area contributed by atoms with Crippen LogP contribution in [0.1, 0.15) is 78.1 Å². The number of halogens is 2. The Morgan fingerprint density at radius 3 is 1.28 bits per heavy atom. The van der Waals surface area contributed by atoms with E-state index in [-0.39, 0.29) is 23.1 Å². The molecule has 0 N–H and O–H groups in total. The van der Waals surface area contributed by atoms with Gasteiger partial charge in [-0.05, 0) is 47.9 Å². The van der Waals surface area contributed by atoms with Gasteiger partial charge < -0.3 is 9.47 Å². The topological polar surface area (TPSA) is 18.5 Å². The Kier molecular flexibility index (Phi) is 9.58. The molecule has 0 fully saturated rings. The molecule has 0 amide bonds. The van der Waals surface area contributed by atoms with Crippen molar-refractivity contribution in [3.05, 3.63) is 48.0 Å². The molecule has 0 saturated carbocycles. The minimum Gasteiger partial charge on any atom is -0.490 e. The third kappa shape index (κ3) is 6.11. The van der Waals surface area contributed by atoms with Crippen molar-refractivity contribution in [2.24, 2.45) is 0 Å². The average molecular weight is 443 g/mol. The summed E-state index contributed by atoms with van der Waals surface area (Å²) < 4.78 is 41.5. The van der Waals surface area contributed by atoms with Crippen LogP contribution in [0.2, 0.25) is 0 Å². The van der Waals surface area contributed by atoms with Crippen molar-refractivity contribution in [1.29, 1.82) is 0 Å². The third-order valence-corrected chi connectivity index (χ3v) is 6.01. The number of hydrogen-bond acceptors (Lipinski definition) is 2. The van der Waals surface area contributed by atoms with Crippen molar-refractivity contribution in [1.82, 2.24) is 0 Å². The molecule has 0 bridgehead atoms. The van der Waals surface area contributed by atoms with Gasteiger partial charge in [-0.15, -0.1) is 0 Å². The fraction of sp³-hybridized carbons (Fsp3) is 0.500. The second kappa shape index (κ2) is 12.6. The molecule has 0 heterocycles. The van der Waals surface area contributed by atoms with E-state index < -0.39 is 0 Å². The second-order valence-corrected chi connectivity index (χ2v) is 8.54. The van der Waals surface area contributed by atoms with E-state index in [1.54, 1.807) is 24.3 Å². The SMILES string of the molecule is CCCCCCCOc1ccc2c(ccc3c(F)c(OCCCCCCC)ccc32)c1F. The number of unbranched alkanes of at least 4 members (excludes halogenated alkanes) is 8. The third-order valence-electron chi connectivity index (χ3n) is 6.01. The lowest BCUT2D eigenvalue weighted by Crippen LogP contribution is -2.01. The van der Waals surface area contributed by atoms with Crippen molar-refractivity contribution < 1.29 is 18.3 Å². The summed E-state index contributed by atoms with van der Waals surface area (Å²) in [5, 5.41) is 2.26. The maximum atomic E-state index is 15.1. The summed E-state index contributed by atoms with van der Waals surface area (Å²) in [7, 11) is 0. The van der Waals surface area contributed by atoms with Crippen molar-refractivity contribution in [3.63, 3.8) is 0 Å². The van der Waals surface area contributed by atoms with E-state index in [4.69, 9.17) is 9.47 Å². The Hall–Kier alpha value is -2.36. The zero-order valence-corrected chi connectivity index (χ0v) is 19.5. The molecule has 3 aromatic carbocycles. The number of fused-ring (bicyclic) bond motifs is 3. The van der Waals surface area contributed by atoms with Crippen LogP contribution in [0.5, 0.6) is 11.5 Å². The van der Waals surface area contributed by atoms with Crippen LogP contribution in [0.3, 0.4) is 0 Å². The fourth-order valence-electron chi connectivity index (χ4n) is 4.11. The van der Waals surface area contributed by atoms with E-state index in [0.717, 1.165) is 25.7 Å². The highest BCUT2D eigenvalue weighted by Gasteiger charge is 2.15. The van der Waals surface area contributed by atoms with Crippen molar-refractivity contribution in [2.45, 2.75) is 78.1 Å². The van der Waals surface area contributed by atoms with Crippen molar-refractivity contribution >= 4 is 21.5 Å². The summed E-state index contributed by atoms with van der Waals surface area (Å²) in [6.45, 7) is 5.38. The number of hydrogen-bond donors (Lipinski definition) is 0. The molecular formula is C28H36F2O2. The molecule has 0 aromatic heterocycles. The molecule has 3 aromatic rings. The summed E-state index contributed by atoms with van der Waals surface area (Å²) in [5.74, 6) is -0.247. The minimum absolute atomic E-state index is 0.260. The molecule has 2 nitrogen and oxygen atoms in total. The molecule has 0 aliphatic carbocycles. The molecule has 0 aliphatic rings. The van der Waals surface area contributed by atoms with Gasteiger partial charge in [-0.3, -0.25) is 0 Å². The van der Waals surface area contributed by atoms with Crippen LogP contribution in [0, 0.1) is 11.6 Å². The van der Waals surface area contributed by atoms with E-state index in [2.05, 4.69) is 13.8 Å². The van der Waals surface area contributed by atoms with Crippen LogP contribution in [0.4, 0.5) is 8.78 Å². The smallest absolute Gasteiger partial charge is 0.172 e. The quantitative estimate of drug-likeness (QED) is 0.183. The number of rotatable bonds is 14. The van der Waals surface area contributed by atoms with E-state index in [1.165, 1.54) is 38.5 Å². The second-order valence-electron chi connectivity index (χ2n) is 8.54. The summed E-state index contributed by atoms with van der Waals surface area (Å²) >= 11 is 0. The molecule has 0 aliphatic heterocycles. The van der Waals surface area contributed by atoms with E-state index in [0.29, 0.717) is 34.8 Å². The molecule has 0 spiro atoms. The minimum atomic E-state index is -0.384. The Bertz CT molecular complexity index is 919. The first-order valence-electron chi connectivity index (χ1n) is 12.3.